The van der Waals surface area contributed by atoms with Crippen LogP contribution in [0.1, 0.15) is 37.9 Å². The average Bonchev–Trinajstić information content (AvgIpc) is 3.02. The van der Waals surface area contributed by atoms with Gasteiger partial charge in [0.1, 0.15) is 0 Å². The van der Waals surface area contributed by atoms with E-state index in [1.54, 1.807) is 6.33 Å². The number of nitrogens with zero attached hydrogens (tertiary/aromatic N) is 1. The molecule has 1 unspecified atom stereocenters. The Kier molecular flexibility index (Phi) is 4.35. The lowest BCUT2D eigenvalue weighted by Gasteiger charge is -2.12. The quantitative estimate of drug-likeness (QED) is 0.701. The Labute approximate surface area is 114 Å². The first-order valence-corrected chi connectivity index (χ1v) is 6.82. The lowest BCUT2D eigenvalue weighted by Crippen LogP contribution is -1.97. The number of rotatable bonds is 2. The van der Waals surface area contributed by atoms with Gasteiger partial charge in [0.25, 0.3) is 0 Å². The minimum Gasteiger partial charge on any atom is -0.348 e. The molecule has 1 N–H and O–H groups in total. The summed E-state index contributed by atoms with van der Waals surface area (Å²) in [6, 6.07) is 14.9. The first kappa shape index (κ1) is 13.3. The number of nitrogens with one attached hydrogen (secondary N) is 1. The highest BCUT2D eigenvalue weighted by Crippen LogP contribution is 2.28. The maximum absolute atomic E-state index is 4.09. The number of fused-ring (bicyclic) bond motifs is 1. The van der Waals surface area contributed by atoms with Crippen molar-refractivity contribution < 1.29 is 0 Å². The van der Waals surface area contributed by atoms with Crippen molar-refractivity contribution in [1.82, 2.24) is 9.97 Å². The summed E-state index contributed by atoms with van der Waals surface area (Å²) in [4.78, 5) is 7.28. The van der Waals surface area contributed by atoms with Crippen LogP contribution in [0, 0.1) is 0 Å². The second kappa shape index (κ2) is 6.19. The summed E-state index contributed by atoms with van der Waals surface area (Å²) in [5, 5.41) is 2.61. The molecule has 1 aromatic heterocycles. The summed E-state index contributed by atoms with van der Waals surface area (Å²) in [6.07, 6.45) is 3.63. The minimum atomic E-state index is 0.337. The van der Waals surface area contributed by atoms with Crippen molar-refractivity contribution in [3.8, 4) is 0 Å². The topological polar surface area (TPSA) is 28.7 Å². The summed E-state index contributed by atoms with van der Waals surface area (Å²) in [5.74, 6) is 0.337. The molecule has 0 aliphatic carbocycles. The Bertz CT molecular complexity index is 621. The van der Waals surface area contributed by atoms with Crippen LogP contribution in [0.4, 0.5) is 0 Å². The lowest BCUT2D eigenvalue weighted by molar-refractivity contribution is 0.892. The van der Waals surface area contributed by atoms with Crippen LogP contribution in [0.15, 0.2) is 55.0 Å². The van der Waals surface area contributed by atoms with Crippen molar-refractivity contribution >= 4 is 10.8 Å². The molecule has 2 nitrogen and oxygen atoms in total. The van der Waals surface area contributed by atoms with Crippen LogP contribution >= 0.6 is 0 Å². The van der Waals surface area contributed by atoms with E-state index in [1.165, 1.54) is 16.3 Å². The molecule has 0 aliphatic heterocycles. The van der Waals surface area contributed by atoms with Gasteiger partial charge in [0, 0.05) is 17.8 Å². The summed E-state index contributed by atoms with van der Waals surface area (Å²) in [5.41, 5.74) is 2.49. The SMILES string of the molecule is CC.CC(c1cnc[nH]1)c1cccc2ccccc12. The molecule has 3 rings (SSSR count). The first-order chi connectivity index (χ1) is 9.36. The molecule has 0 radical (unpaired) electrons. The predicted molar refractivity (Wildman–Crippen MR) is 81.4 cm³/mol. The van der Waals surface area contributed by atoms with Crippen LogP contribution in [0.3, 0.4) is 0 Å². The van der Waals surface area contributed by atoms with Gasteiger partial charge in [0.2, 0.25) is 0 Å². The molecule has 2 aromatic carbocycles. The molecule has 19 heavy (non-hydrogen) atoms. The molecule has 0 aliphatic rings. The van der Waals surface area contributed by atoms with Gasteiger partial charge in [-0.05, 0) is 16.3 Å². The van der Waals surface area contributed by atoms with Gasteiger partial charge < -0.3 is 4.98 Å². The molecule has 0 bridgehead atoms. The van der Waals surface area contributed by atoms with E-state index in [2.05, 4.69) is 59.4 Å². The number of benzene rings is 2. The van der Waals surface area contributed by atoms with E-state index in [-0.39, 0.29) is 0 Å². The van der Waals surface area contributed by atoms with Crippen LogP contribution in [0.25, 0.3) is 10.8 Å². The van der Waals surface area contributed by atoms with Crippen molar-refractivity contribution in [2.45, 2.75) is 26.7 Å². The fraction of sp³-hybridized carbons (Fsp3) is 0.235. The number of hydrogen-bond acceptors (Lipinski definition) is 1. The van der Waals surface area contributed by atoms with E-state index >= 15 is 0 Å². The molecular weight excluding hydrogens is 232 g/mol. The maximum atomic E-state index is 4.09. The highest BCUT2D eigenvalue weighted by atomic mass is 14.9. The molecule has 1 atom stereocenters. The van der Waals surface area contributed by atoms with E-state index in [0.29, 0.717) is 5.92 Å². The second-order valence-electron chi connectivity index (χ2n) is 4.30. The molecular formula is C17H20N2. The normalized spacial score (nSPS) is 11.7. The first-order valence-electron chi connectivity index (χ1n) is 6.82. The number of H-pyrrole nitrogens is 1. The monoisotopic (exact) mass is 252 g/mol. The van der Waals surface area contributed by atoms with Gasteiger partial charge in [-0.25, -0.2) is 4.98 Å². The number of hydrogen-bond donors (Lipinski definition) is 1. The highest BCUT2D eigenvalue weighted by molar-refractivity contribution is 5.86. The minimum absolute atomic E-state index is 0.337. The van der Waals surface area contributed by atoms with Crippen molar-refractivity contribution in [3.05, 3.63) is 66.2 Å². The van der Waals surface area contributed by atoms with Crippen molar-refractivity contribution in [3.63, 3.8) is 0 Å². The van der Waals surface area contributed by atoms with Crippen LogP contribution < -0.4 is 0 Å². The summed E-state index contributed by atoms with van der Waals surface area (Å²) in [7, 11) is 0. The van der Waals surface area contributed by atoms with Crippen molar-refractivity contribution in [2.24, 2.45) is 0 Å². The van der Waals surface area contributed by atoms with Gasteiger partial charge in [-0.3, -0.25) is 0 Å². The third kappa shape index (κ3) is 2.68. The van der Waals surface area contributed by atoms with Crippen molar-refractivity contribution in [2.75, 3.05) is 0 Å². The third-order valence-corrected chi connectivity index (χ3v) is 3.28. The molecule has 0 fully saturated rings. The maximum Gasteiger partial charge on any atom is 0.0921 e. The van der Waals surface area contributed by atoms with E-state index in [1.807, 2.05) is 20.0 Å². The van der Waals surface area contributed by atoms with E-state index in [4.69, 9.17) is 0 Å². The molecule has 3 aromatic rings. The highest BCUT2D eigenvalue weighted by Gasteiger charge is 2.12. The fourth-order valence-corrected chi connectivity index (χ4v) is 2.30. The smallest absolute Gasteiger partial charge is 0.0921 e. The Balaban J connectivity index is 0.000000637. The largest absolute Gasteiger partial charge is 0.348 e. The lowest BCUT2D eigenvalue weighted by atomic mass is 9.93. The summed E-state index contributed by atoms with van der Waals surface area (Å²) in [6.45, 7) is 6.20. The van der Waals surface area contributed by atoms with Crippen LogP contribution in [0.5, 0.6) is 0 Å². The Morgan fingerprint density at radius 3 is 2.47 bits per heavy atom. The van der Waals surface area contributed by atoms with Gasteiger partial charge >= 0.3 is 0 Å². The van der Waals surface area contributed by atoms with Crippen LogP contribution in [-0.2, 0) is 0 Å². The number of aromatic amines is 1. The fourth-order valence-electron chi connectivity index (χ4n) is 2.30. The molecule has 0 spiro atoms. The summed E-state index contributed by atoms with van der Waals surface area (Å²) < 4.78 is 0. The molecule has 1 heterocycles. The Hall–Kier alpha value is -2.09. The Morgan fingerprint density at radius 1 is 1.00 bits per heavy atom. The number of aromatic nitrogens is 2. The van der Waals surface area contributed by atoms with Gasteiger partial charge in [-0.2, -0.15) is 0 Å². The zero-order valence-electron chi connectivity index (χ0n) is 11.7. The zero-order chi connectivity index (χ0) is 13.7. The van der Waals surface area contributed by atoms with Gasteiger partial charge in [0.15, 0.2) is 0 Å². The molecule has 0 amide bonds. The zero-order valence-corrected chi connectivity index (χ0v) is 11.7. The van der Waals surface area contributed by atoms with E-state index in [9.17, 15) is 0 Å². The molecule has 2 heteroatoms. The Morgan fingerprint density at radius 2 is 1.74 bits per heavy atom. The van der Waals surface area contributed by atoms with Crippen LogP contribution in [0.2, 0.25) is 0 Å². The van der Waals surface area contributed by atoms with Gasteiger partial charge in [-0.15, -0.1) is 0 Å². The molecule has 0 saturated carbocycles. The standard InChI is InChI=1S/C15H14N2.C2H6/c1-11(15-9-16-10-17-15)13-8-4-6-12-5-2-3-7-14(12)13;1-2/h2-11H,1H3,(H,16,17);1-2H3. The molecule has 0 saturated heterocycles. The van der Waals surface area contributed by atoms with E-state index in [0.717, 1.165) is 5.69 Å². The van der Waals surface area contributed by atoms with E-state index < -0.39 is 0 Å². The van der Waals surface area contributed by atoms with Crippen molar-refractivity contribution in [1.29, 1.82) is 0 Å². The molecule has 98 valence electrons. The third-order valence-electron chi connectivity index (χ3n) is 3.28. The van der Waals surface area contributed by atoms with Crippen LogP contribution in [-0.4, -0.2) is 9.97 Å². The number of imidazole rings is 1. The van der Waals surface area contributed by atoms with Gasteiger partial charge in [0.05, 0.1) is 6.33 Å². The second-order valence-corrected chi connectivity index (χ2v) is 4.30. The predicted octanol–water partition coefficient (Wildman–Crippen LogP) is 4.74. The average molecular weight is 252 g/mol. The summed E-state index contributed by atoms with van der Waals surface area (Å²) >= 11 is 0. The van der Waals surface area contributed by atoms with Gasteiger partial charge in [-0.1, -0.05) is 63.2 Å².